The number of methoxy groups -OCH3 is 1. The molecule has 0 unspecified atom stereocenters. The Balaban J connectivity index is 1.30. The van der Waals surface area contributed by atoms with Crippen molar-refractivity contribution >= 4 is 28.7 Å². The quantitative estimate of drug-likeness (QED) is 0.243. The molecule has 1 amide bonds. The first-order valence-electron chi connectivity index (χ1n) is 13.3. The lowest BCUT2D eigenvalue weighted by Crippen LogP contribution is -2.58. The number of rotatable bonds is 5. The molecular formula is C32H29NO8. The van der Waals surface area contributed by atoms with Crippen LogP contribution in [-0.2, 0) is 18.9 Å². The van der Waals surface area contributed by atoms with E-state index in [1.165, 1.54) is 7.11 Å². The number of carbonyl (C=O) groups excluding carboxylic acids is 2. The zero-order valence-electron chi connectivity index (χ0n) is 23.0. The number of nitrogens with one attached hydrogen (secondary N) is 1. The number of hydrogen-bond donors (Lipinski definition) is 1. The van der Waals surface area contributed by atoms with E-state index < -0.39 is 47.7 Å². The van der Waals surface area contributed by atoms with Crippen LogP contribution in [0.2, 0.25) is 0 Å². The second-order valence-corrected chi connectivity index (χ2v) is 10.8. The molecule has 0 radical (unpaired) electrons. The first-order valence-corrected chi connectivity index (χ1v) is 13.3. The van der Waals surface area contributed by atoms with Crippen LogP contribution in [0, 0.1) is 6.92 Å². The Morgan fingerprint density at radius 2 is 1.63 bits per heavy atom. The minimum Gasteiger partial charge on any atom is -0.424 e. The Morgan fingerprint density at radius 1 is 0.902 bits per heavy atom. The van der Waals surface area contributed by atoms with Crippen molar-refractivity contribution in [3.8, 4) is 11.1 Å². The molecule has 210 valence electrons. The van der Waals surface area contributed by atoms with E-state index in [0.717, 1.165) is 11.1 Å². The molecule has 2 aliphatic heterocycles. The van der Waals surface area contributed by atoms with Gasteiger partial charge in [-0.2, -0.15) is 0 Å². The highest BCUT2D eigenvalue weighted by Gasteiger charge is 2.58. The van der Waals surface area contributed by atoms with Crippen LogP contribution < -0.4 is 10.9 Å². The van der Waals surface area contributed by atoms with Gasteiger partial charge < -0.3 is 28.7 Å². The fourth-order valence-corrected chi connectivity index (χ4v) is 5.77. The first kappa shape index (κ1) is 26.7. The lowest BCUT2D eigenvalue weighted by atomic mass is 9.84. The molecule has 0 bridgehead atoms. The van der Waals surface area contributed by atoms with Crippen molar-refractivity contribution in [2.75, 3.05) is 12.4 Å². The van der Waals surface area contributed by atoms with Crippen LogP contribution in [0.5, 0.6) is 0 Å². The standard InChI is InChI=1S/C32H29NO8/c1-17-22(25-26-27(40-31(36)39-26)28(37-4)32(2,3)41-25)14-13-20-16-23(30(35)38-24(17)20)33-29(34)21-12-8-11-19(15-21)18-9-6-5-7-10-18/h5-16,25-28H,1-4H3,(H,33,34)/t25-,26-,27-,28+/m0/s1. The monoisotopic (exact) mass is 555 g/mol. The van der Waals surface area contributed by atoms with Gasteiger partial charge in [0.25, 0.3) is 5.91 Å². The maximum absolute atomic E-state index is 13.1. The zero-order valence-corrected chi connectivity index (χ0v) is 23.0. The van der Waals surface area contributed by atoms with Crippen molar-refractivity contribution in [2.24, 2.45) is 0 Å². The van der Waals surface area contributed by atoms with Crippen LogP contribution in [0.1, 0.15) is 41.4 Å². The molecule has 1 aromatic heterocycles. The van der Waals surface area contributed by atoms with Crippen molar-refractivity contribution in [3.05, 3.63) is 99.9 Å². The van der Waals surface area contributed by atoms with Gasteiger partial charge in [0.15, 0.2) is 12.2 Å². The minimum absolute atomic E-state index is 0.0240. The fourth-order valence-electron chi connectivity index (χ4n) is 5.77. The Morgan fingerprint density at radius 3 is 2.39 bits per heavy atom. The summed E-state index contributed by atoms with van der Waals surface area (Å²) < 4.78 is 28.6. The van der Waals surface area contributed by atoms with Crippen molar-refractivity contribution < 1.29 is 33.0 Å². The van der Waals surface area contributed by atoms with Crippen LogP contribution in [0.3, 0.4) is 0 Å². The summed E-state index contributed by atoms with van der Waals surface area (Å²) in [5, 5.41) is 3.31. The summed E-state index contributed by atoms with van der Waals surface area (Å²) in [4.78, 5) is 38.2. The van der Waals surface area contributed by atoms with E-state index in [-0.39, 0.29) is 5.69 Å². The van der Waals surface area contributed by atoms with E-state index in [1.54, 1.807) is 37.3 Å². The van der Waals surface area contributed by atoms with Gasteiger partial charge in [0.1, 0.15) is 23.5 Å². The summed E-state index contributed by atoms with van der Waals surface area (Å²) in [5.41, 5.74) is 2.48. The number of ether oxygens (including phenoxy) is 4. The molecule has 9 nitrogen and oxygen atoms in total. The topological polar surface area (TPSA) is 113 Å². The van der Waals surface area contributed by atoms with Gasteiger partial charge in [-0.15, -0.1) is 0 Å². The van der Waals surface area contributed by atoms with Crippen LogP contribution >= 0.6 is 0 Å². The van der Waals surface area contributed by atoms with Crippen molar-refractivity contribution in [2.45, 2.75) is 50.8 Å². The Hall–Kier alpha value is -4.47. The van der Waals surface area contributed by atoms with Gasteiger partial charge in [-0.3, -0.25) is 4.79 Å². The third-order valence-electron chi connectivity index (χ3n) is 7.73. The molecule has 2 aliphatic rings. The molecule has 2 fully saturated rings. The van der Waals surface area contributed by atoms with Crippen molar-refractivity contribution in [3.63, 3.8) is 0 Å². The highest BCUT2D eigenvalue weighted by molar-refractivity contribution is 6.05. The molecule has 0 spiro atoms. The van der Waals surface area contributed by atoms with Gasteiger partial charge in [0, 0.05) is 18.1 Å². The van der Waals surface area contributed by atoms with Gasteiger partial charge in [0.05, 0.1) is 5.60 Å². The van der Waals surface area contributed by atoms with Crippen molar-refractivity contribution in [1.29, 1.82) is 0 Å². The van der Waals surface area contributed by atoms with E-state index in [4.69, 9.17) is 23.4 Å². The summed E-state index contributed by atoms with van der Waals surface area (Å²) in [7, 11) is 1.53. The Kier molecular flexibility index (Phi) is 6.63. The maximum atomic E-state index is 13.1. The average Bonchev–Trinajstić information content (AvgIpc) is 3.35. The Labute approximate surface area is 236 Å². The molecule has 3 heterocycles. The van der Waals surface area contributed by atoms with Gasteiger partial charge in [0.2, 0.25) is 0 Å². The van der Waals surface area contributed by atoms with E-state index in [9.17, 15) is 14.4 Å². The summed E-state index contributed by atoms with van der Waals surface area (Å²) in [6.07, 6.45) is -3.41. The largest absolute Gasteiger partial charge is 0.509 e. The highest BCUT2D eigenvalue weighted by Crippen LogP contribution is 2.45. The second kappa shape index (κ2) is 10.2. The maximum Gasteiger partial charge on any atom is 0.509 e. The summed E-state index contributed by atoms with van der Waals surface area (Å²) in [6.45, 7) is 5.52. The molecule has 4 atom stereocenters. The molecule has 1 N–H and O–H groups in total. The number of benzene rings is 3. The lowest BCUT2D eigenvalue weighted by Gasteiger charge is -2.46. The Bertz CT molecular complexity index is 1710. The summed E-state index contributed by atoms with van der Waals surface area (Å²) >= 11 is 0. The van der Waals surface area contributed by atoms with Gasteiger partial charge in [-0.05, 0) is 61.2 Å². The smallest absolute Gasteiger partial charge is 0.424 e. The molecule has 0 saturated carbocycles. The lowest BCUT2D eigenvalue weighted by molar-refractivity contribution is -0.237. The zero-order chi connectivity index (χ0) is 28.9. The van der Waals surface area contributed by atoms with Crippen LogP contribution in [0.15, 0.2) is 82.0 Å². The molecule has 2 saturated heterocycles. The van der Waals surface area contributed by atoms with Gasteiger partial charge in [-0.25, -0.2) is 9.59 Å². The number of anilines is 1. The predicted molar refractivity (Wildman–Crippen MR) is 151 cm³/mol. The first-order chi connectivity index (χ1) is 19.7. The van der Waals surface area contributed by atoms with Crippen LogP contribution in [0.4, 0.5) is 10.5 Å². The van der Waals surface area contributed by atoms with Crippen LogP contribution in [0.25, 0.3) is 22.1 Å². The average molecular weight is 556 g/mol. The number of aryl methyl sites for hydroxylation is 1. The van der Waals surface area contributed by atoms with E-state index in [2.05, 4.69) is 5.32 Å². The van der Waals surface area contributed by atoms with Gasteiger partial charge in [-0.1, -0.05) is 54.6 Å². The molecule has 4 aromatic rings. The highest BCUT2D eigenvalue weighted by atomic mass is 16.8. The molecule has 0 aliphatic carbocycles. The molecule has 41 heavy (non-hydrogen) atoms. The normalized spacial score (nSPS) is 23.0. The van der Waals surface area contributed by atoms with Crippen LogP contribution in [-0.4, -0.2) is 43.1 Å². The number of fused-ring (bicyclic) bond motifs is 2. The van der Waals surface area contributed by atoms with E-state index in [1.807, 2.05) is 56.3 Å². The fraction of sp³-hybridized carbons (Fsp3) is 0.281. The molecular weight excluding hydrogens is 526 g/mol. The number of amides is 1. The third kappa shape index (κ3) is 4.77. The summed E-state index contributed by atoms with van der Waals surface area (Å²) in [6, 6.07) is 22.1. The second-order valence-electron chi connectivity index (χ2n) is 10.8. The van der Waals surface area contributed by atoms with Gasteiger partial charge >= 0.3 is 11.8 Å². The summed E-state index contributed by atoms with van der Waals surface area (Å²) in [5.74, 6) is -0.428. The minimum atomic E-state index is -0.803. The number of hydrogen-bond acceptors (Lipinski definition) is 8. The predicted octanol–water partition coefficient (Wildman–Crippen LogP) is 5.79. The molecule has 3 aromatic carbocycles. The van der Waals surface area contributed by atoms with Crippen molar-refractivity contribution in [1.82, 2.24) is 0 Å². The molecule has 6 rings (SSSR count). The molecule has 9 heteroatoms. The SMILES string of the molecule is CO[C@@H]1[C@H]2OC(=O)O[C@H]2[C@H](c2ccc3cc(NC(=O)c4cccc(-c5ccccc5)c4)c(=O)oc3c2C)OC1(C)C. The number of carbonyl (C=O) groups is 2. The van der Waals surface area contributed by atoms with E-state index in [0.29, 0.717) is 27.7 Å². The third-order valence-corrected chi connectivity index (χ3v) is 7.73. The van der Waals surface area contributed by atoms with E-state index >= 15 is 0 Å².